The van der Waals surface area contributed by atoms with Gasteiger partial charge in [-0.05, 0) is 12.1 Å². The third-order valence-corrected chi connectivity index (χ3v) is 2.22. The van der Waals surface area contributed by atoms with Gasteiger partial charge in [0, 0.05) is 5.41 Å². The summed E-state index contributed by atoms with van der Waals surface area (Å²) in [6.07, 6.45) is 0. The second-order valence-electron chi connectivity index (χ2n) is 4.04. The number of nitrogens with zero attached hydrogens (tertiary/aromatic N) is 1. The minimum Gasteiger partial charge on any atom is -0.292 e. The van der Waals surface area contributed by atoms with Crippen molar-refractivity contribution in [2.24, 2.45) is 5.41 Å². The maximum absolute atomic E-state index is 11.8. The van der Waals surface area contributed by atoms with E-state index in [0.717, 1.165) is 0 Å². The summed E-state index contributed by atoms with van der Waals surface area (Å²) in [7, 11) is 0. The van der Waals surface area contributed by atoms with Crippen LogP contribution in [0.2, 0.25) is 10.2 Å². The van der Waals surface area contributed by atoms with Gasteiger partial charge in [0.25, 0.3) is 0 Å². The first-order valence-electron chi connectivity index (χ1n) is 4.19. The van der Waals surface area contributed by atoms with Crippen LogP contribution >= 0.6 is 23.2 Å². The minimum atomic E-state index is -0.499. The number of rotatable bonds is 1. The van der Waals surface area contributed by atoms with Crippen LogP contribution in [0.5, 0.6) is 0 Å². The van der Waals surface area contributed by atoms with E-state index in [9.17, 15) is 4.79 Å². The first-order valence-corrected chi connectivity index (χ1v) is 4.95. The number of hydrogen-bond donors (Lipinski definition) is 0. The molecule has 0 bridgehead atoms. The molecule has 0 aliphatic rings. The molecule has 0 radical (unpaired) electrons. The molecule has 0 amide bonds. The Morgan fingerprint density at radius 2 is 1.86 bits per heavy atom. The van der Waals surface area contributed by atoms with Crippen molar-refractivity contribution >= 4 is 29.0 Å². The van der Waals surface area contributed by atoms with E-state index in [0.29, 0.717) is 5.02 Å². The summed E-state index contributed by atoms with van der Waals surface area (Å²) in [5.74, 6) is -0.106. The highest BCUT2D eigenvalue weighted by molar-refractivity contribution is 6.35. The Hall–Kier alpha value is -0.600. The molecule has 0 aliphatic heterocycles. The number of halogens is 2. The number of aromatic nitrogens is 1. The van der Waals surface area contributed by atoms with Gasteiger partial charge in [-0.15, -0.1) is 0 Å². The summed E-state index contributed by atoms with van der Waals surface area (Å²) in [5.41, 5.74) is -0.256. The normalized spacial score (nSPS) is 11.5. The molecular weight excluding hydrogens is 221 g/mol. The van der Waals surface area contributed by atoms with E-state index >= 15 is 0 Å². The summed E-state index contributed by atoms with van der Waals surface area (Å²) < 4.78 is 0. The Morgan fingerprint density at radius 1 is 1.29 bits per heavy atom. The first kappa shape index (κ1) is 11.5. The Labute approximate surface area is 93.2 Å². The van der Waals surface area contributed by atoms with E-state index in [1.165, 1.54) is 0 Å². The average molecular weight is 232 g/mol. The second kappa shape index (κ2) is 3.87. The van der Waals surface area contributed by atoms with Crippen molar-refractivity contribution in [3.63, 3.8) is 0 Å². The molecule has 1 aromatic rings. The van der Waals surface area contributed by atoms with E-state index in [2.05, 4.69) is 4.98 Å². The van der Waals surface area contributed by atoms with Gasteiger partial charge in [-0.2, -0.15) is 0 Å². The SMILES string of the molecule is CC(C)(C)C(=O)c1nc(Cl)ccc1Cl. The van der Waals surface area contributed by atoms with Crippen molar-refractivity contribution in [1.29, 1.82) is 0 Å². The summed E-state index contributed by atoms with van der Waals surface area (Å²) in [6, 6.07) is 3.14. The van der Waals surface area contributed by atoms with Crippen LogP contribution in [0.4, 0.5) is 0 Å². The largest absolute Gasteiger partial charge is 0.292 e. The molecule has 0 aromatic carbocycles. The zero-order valence-electron chi connectivity index (χ0n) is 8.27. The number of ketones is 1. The van der Waals surface area contributed by atoms with Crippen LogP contribution in [0.15, 0.2) is 12.1 Å². The zero-order valence-corrected chi connectivity index (χ0v) is 9.78. The van der Waals surface area contributed by atoms with Gasteiger partial charge in [-0.1, -0.05) is 44.0 Å². The molecular formula is C10H11Cl2NO. The molecule has 0 saturated carbocycles. The highest BCUT2D eigenvalue weighted by atomic mass is 35.5. The van der Waals surface area contributed by atoms with E-state index < -0.39 is 5.41 Å². The zero-order chi connectivity index (χ0) is 10.9. The van der Waals surface area contributed by atoms with Crippen LogP contribution in [-0.4, -0.2) is 10.8 Å². The maximum Gasteiger partial charge on any atom is 0.188 e. The molecule has 0 spiro atoms. The summed E-state index contributed by atoms with van der Waals surface area (Å²) in [6.45, 7) is 5.44. The van der Waals surface area contributed by atoms with Gasteiger partial charge in [0.05, 0.1) is 5.02 Å². The quantitative estimate of drug-likeness (QED) is 0.546. The molecule has 0 aliphatic carbocycles. The van der Waals surface area contributed by atoms with Crippen molar-refractivity contribution in [3.05, 3.63) is 28.0 Å². The van der Waals surface area contributed by atoms with Crippen molar-refractivity contribution < 1.29 is 4.79 Å². The molecule has 76 valence electrons. The fourth-order valence-corrected chi connectivity index (χ4v) is 1.27. The van der Waals surface area contributed by atoms with Gasteiger partial charge in [-0.25, -0.2) is 4.98 Å². The standard InChI is InChI=1S/C10H11Cl2NO/c1-10(2,3)9(14)8-6(11)4-5-7(12)13-8/h4-5H,1-3H3. The molecule has 0 unspecified atom stereocenters. The third-order valence-electron chi connectivity index (χ3n) is 1.71. The molecule has 0 saturated heterocycles. The summed E-state index contributed by atoms with van der Waals surface area (Å²) >= 11 is 11.5. The molecule has 0 fully saturated rings. The molecule has 0 atom stereocenters. The van der Waals surface area contributed by atoms with Crippen molar-refractivity contribution in [1.82, 2.24) is 4.98 Å². The lowest BCUT2D eigenvalue weighted by Crippen LogP contribution is -2.21. The number of pyridine rings is 1. The van der Waals surface area contributed by atoms with Crippen LogP contribution in [0.1, 0.15) is 31.3 Å². The van der Waals surface area contributed by atoms with Gasteiger partial charge < -0.3 is 0 Å². The number of Topliss-reactive ketones (excluding diaryl/α,β-unsaturated/α-hetero) is 1. The lowest BCUT2D eigenvalue weighted by Gasteiger charge is -2.16. The lowest BCUT2D eigenvalue weighted by atomic mass is 9.89. The molecule has 2 nitrogen and oxygen atoms in total. The summed E-state index contributed by atoms with van der Waals surface area (Å²) in [5, 5.41) is 0.622. The highest BCUT2D eigenvalue weighted by Gasteiger charge is 2.26. The van der Waals surface area contributed by atoms with Gasteiger partial charge in [0.15, 0.2) is 5.78 Å². The average Bonchev–Trinajstić information content (AvgIpc) is 2.06. The third kappa shape index (κ3) is 2.46. The van der Waals surface area contributed by atoms with E-state index in [1.54, 1.807) is 12.1 Å². The van der Waals surface area contributed by atoms with Gasteiger partial charge in [0.2, 0.25) is 0 Å². The van der Waals surface area contributed by atoms with Crippen LogP contribution in [0, 0.1) is 5.41 Å². The van der Waals surface area contributed by atoms with Crippen LogP contribution in [-0.2, 0) is 0 Å². The number of carbonyl (C=O) groups is 1. The topological polar surface area (TPSA) is 30.0 Å². The summed E-state index contributed by atoms with van der Waals surface area (Å²) in [4.78, 5) is 15.8. The highest BCUT2D eigenvalue weighted by Crippen LogP contribution is 2.25. The molecule has 4 heteroatoms. The molecule has 1 heterocycles. The van der Waals surface area contributed by atoms with Gasteiger partial charge in [-0.3, -0.25) is 4.79 Å². The number of carbonyl (C=O) groups excluding carboxylic acids is 1. The van der Waals surface area contributed by atoms with Crippen LogP contribution in [0.25, 0.3) is 0 Å². The first-order chi connectivity index (χ1) is 6.32. The predicted octanol–water partition coefficient (Wildman–Crippen LogP) is 3.62. The van der Waals surface area contributed by atoms with Crippen molar-refractivity contribution in [2.45, 2.75) is 20.8 Å². The minimum absolute atomic E-state index is 0.106. The van der Waals surface area contributed by atoms with E-state index in [-0.39, 0.29) is 16.6 Å². The van der Waals surface area contributed by atoms with E-state index in [1.807, 2.05) is 20.8 Å². The second-order valence-corrected chi connectivity index (χ2v) is 4.84. The Bertz CT molecular complexity index is 369. The monoisotopic (exact) mass is 231 g/mol. The lowest BCUT2D eigenvalue weighted by molar-refractivity contribution is 0.0853. The fraction of sp³-hybridized carbons (Fsp3) is 0.400. The van der Waals surface area contributed by atoms with Crippen LogP contribution in [0.3, 0.4) is 0 Å². The predicted molar refractivity (Wildman–Crippen MR) is 58.0 cm³/mol. The van der Waals surface area contributed by atoms with E-state index in [4.69, 9.17) is 23.2 Å². The van der Waals surface area contributed by atoms with Gasteiger partial charge in [0.1, 0.15) is 10.8 Å². The Balaban J connectivity index is 3.19. The molecule has 14 heavy (non-hydrogen) atoms. The van der Waals surface area contributed by atoms with Gasteiger partial charge >= 0.3 is 0 Å². The maximum atomic E-state index is 11.8. The Kier molecular flexibility index (Phi) is 3.17. The van der Waals surface area contributed by atoms with Crippen LogP contribution < -0.4 is 0 Å². The molecule has 1 aromatic heterocycles. The number of hydrogen-bond acceptors (Lipinski definition) is 2. The smallest absolute Gasteiger partial charge is 0.188 e. The van der Waals surface area contributed by atoms with Crippen molar-refractivity contribution in [3.8, 4) is 0 Å². The van der Waals surface area contributed by atoms with Crippen molar-refractivity contribution in [2.75, 3.05) is 0 Å². The fourth-order valence-electron chi connectivity index (χ4n) is 0.933. The molecule has 0 N–H and O–H groups in total. The Morgan fingerprint density at radius 3 is 2.36 bits per heavy atom. The molecule has 1 rings (SSSR count).